The molecule has 4 rings (SSSR count). The molecule has 0 bridgehead atoms. The van der Waals surface area contributed by atoms with E-state index in [-0.39, 0.29) is 0 Å². The van der Waals surface area contributed by atoms with Crippen LogP contribution in [0.25, 0.3) is 28.5 Å². The predicted molar refractivity (Wildman–Crippen MR) is 165 cm³/mol. The largest absolute Gasteiger partial charge is 0.212 e. The zero-order valence-electron chi connectivity index (χ0n) is 24.1. The van der Waals surface area contributed by atoms with Crippen molar-refractivity contribution in [2.45, 2.75) is 92.4 Å². The van der Waals surface area contributed by atoms with Crippen LogP contribution in [0.4, 0.5) is 0 Å². The van der Waals surface area contributed by atoms with Gasteiger partial charge < -0.3 is 0 Å². The summed E-state index contributed by atoms with van der Waals surface area (Å²) in [4.78, 5) is 5.17. The van der Waals surface area contributed by atoms with Crippen LogP contribution in [-0.4, -0.2) is 14.8 Å². The molecule has 0 fully saturated rings. The number of halogens is 1. The molecule has 0 aliphatic heterocycles. The highest BCUT2D eigenvalue weighted by Gasteiger charge is 2.23. The van der Waals surface area contributed by atoms with Crippen LogP contribution in [0.2, 0.25) is 0 Å². The van der Waals surface area contributed by atoms with Gasteiger partial charge in [-0.05, 0) is 79.5 Å². The molecule has 4 heteroatoms. The van der Waals surface area contributed by atoms with Gasteiger partial charge in [0, 0.05) is 15.6 Å². The minimum atomic E-state index is 0.363. The lowest BCUT2D eigenvalue weighted by Gasteiger charge is -2.22. The van der Waals surface area contributed by atoms with Crippen LogP contribution in [0.1, 0.15) is 100.0 Å². The third kappa shape index (κ3) is 6.46. The zero-order valence-corrected chi connectivity index (χ0v) is 25.7. The van der Waals surface area contributed by atoms with Crippen molar-refractivity contribution in [2.75, 3.05) is 0 Å². The van der Waals surface area contributed by atoms with Crippen LogP contribution in [0.3, 0.4) is 0 Å². The summed E-state index contributed by atoms with van der Waals surface area (Å²) < 4.78 is 3.16. The third-order valence-corrected chi connectivity index (χ3v) is 7.67. The average molecular weight is 573 g/mol. The highest BCUT2D eigenvalue weighted by Crippen LogP contribution is 2.36. The Labute approximate surface area is 237 Å². The monoisotopic (exact) mass is 571 g/mol. The fourth-order valence-electron chi connectivity index (χ4n) is 5.28. The van der Waals surface area contributed by atoms with Gasteiger partial charge in [0.2, 0.25) is 0 Å². The molecule has 1 aromatic heterocycles. The fraction of sp³-hybridized carbons (Fsp3) is 0.412. The lowest BCUT2D eigenvalue weighted by molar-refractivity contribution is 0.664. The van der Waals surface area contributed by atoms with Crippen molar-refractivity contribution in [3.8, 4) is 28.5 Å². The molecule has 0 unspecified atom stereocenters. The second-order valence-electron chi connectivity index (χ2n) is 11.3. The van der Waals surface area contributed by atoms with Crippen molar-refractivity contribution >= 4 is 15.9 Å². The number of aromatic nitrogens is 3. The summed E-state index contributed by atoms with van der Waals surface area (Å²) in [5.41, 5.74) is 9.86. The van der Waals surface area contributed by atoms with Gasteiger partial charge in [-0.25, -0.2) is 9.67 Å². The van der Waals surface area contributed by atoms with E-state index in [9.17, 15) is 0 Å². The topological polar surface area (TPSA) is 30.7 Å². The van der Waals surface area contributed by atoms with Crippen LogP contribution < -0.4 is 0 Å². The first-order valence-corrected chi connectivity index (χ1v) is 15.0. The van der Waals surface area contributed by atoms with Crippen LogP contribution >= 0.6 is 15.9 Å². The average Bonchev–Trinajstić information content (AvgIpc) is 3.31. The number of unbranched alkanes of at least 4 members (excludes halogenated alkanes) is 3. The summed E-state index contributed by atoms with van der Waals surface area (Å²) in [5.74, 6) is 2.37. The van der Waals surface area contributed by atoms with Gasteiger partial charge in [-0.3, -0.25) is 0 Å². The summed E-state index contributed by atoms with van der Waals surface area (Å²) in [6.45, 7) is 15.7. The minimum Gasteiger partial charge on any atom is -0.212 e. The summed E-state index contributed by atoms with van der Waals surface area (Å²) in [6, 6.07) is 19.8. The molecule has 3 nitrogen and oxygen atoms in total. The Hall–Kier alpha value is -2.72. The molecule has 0 aliphatic carbocycles. The molecule has 0 saturated carbocycles. The molecule has 0 spiro atoms. The van der Waals surface area contributed by atoms with Crippen molar-refractivity contribution in [1.29, 1.82) is 0 Å². The van der Waals surface area contributed by atoms with Crippen molar-refractivity contribution < 1.29 is 0 Å². The number of hydrogen-bond donors (Lipinski definition) is 0. The Morgan fingerprint density at radius 3 is 2.03 bits per heavy atom. The second kappa shape index (κ2) is 12.4. The van der Waals surface area contributed by atoms with E-state index in [1.165, 1.54) is 59.2 Å². The number of rotatable bonds is 10. The van der Waals surface area contributed by atoms with E-state index in [2.05, 4.69) is 124 Å². The Kier molecular flexibility index (Phi) is 9.25. The Bertz CT molecular complexity index is 1350. The number of aryl methyl sites for hydroxylation is 3. The molecule has 0 atom stereocenters. The minimum absolute atomic E-state index is 0.363. The molecule has 0 amide bonds. The summed E-state index contributed by atoms with van der Waals surface area (Å²) in [6.07, 6.45) is 6.24. The maximum absolute atomic E-state index is 5.23. The second-order valence-corrected chi connectivity index (χ2v) is 12.2. The lowest BCUT2D eigenvalue weighted by Crippen LogP contribution is -2.11. The van der Waals surface area contributed by atoms with Crippen LogP contribution in [0.15, 0.2) is 59.1 Å². The van der Waals surface area contributed by atoms with Gasteiger partial charge in [-0.2, -0.15) is 0 Å². The molecule has 0 radical (unpaired) electrons. The Morgan fingerprint density at radius 1 is 0.789 bits per heavy atom. The van der Waals surface area contributed by atoms with Gasteiger partial charge in [0.1, 0.15) is 0 Å². The number of nitrogens with zero attached hydrogens (tertiary/aromatic N) is 3. The molecule has 0 N–H and O–H groups in total. The SMILES string of the molecule is CCCCCCc1cc(C(C)C)c(-n2nc(-c3cc(C)cc(C)c3)nc2-c2cccc(Br)c2)c(C(C)C)c1. The predicted octanol–water partition coefficient (Wildman–Crippen LogP) is 10.4. The fourth-order valence-corrected chi connectivity index (χ4v) is 5.68. The molecule has 0 saturated heterocycles. The highest BCUT2D eigenvalue weighted by atomic mass is 79.9. The van der Waals surface area contributed by atoms with Gasteiger partial charge in [0.25, 0.3) is 0 Å². The van der Waals surface area contributed by atoms with E-state index in [0.29, 0.717) is 11.8 Å². The Balaban J connectivity index is 1.96. The van der Waals surface area contributed by atoms with E-state index < -0.39 is 0 Å². The van der Waals surface area contributed by atoms with Crippen molar-refractivity contribution in [3.05, 3.63) is 86.9 Å². The molecular formula is C34H42BrN3. The van der Waals surface area contributed by atoms with Gasteiger partial charge >= 0.3 is 0 Å². The molecule has 0 aliphatic rings. The highest BCUT2D eigenvalue weighted by molar-refractivity contribution is 9.10. The van der Waals surface area contributed by atoms with Crippen molar-refractivity contribution in [3.63, 3.8) is 0 Å². The molecule has 4 aromatic rings. The van der Waals surface area contributed by atoms with E-state index in [1.807, 2.05) is 0 Å². The normalized spacial score (nSPS) is 11.6. The summed E-state index contributed by atoms with van der Waals surface area (Å²) in [7, 11) is 0. The first-order chi connectivity index (χ1) is 18.2. The van der Waals surface area contributed by atoms with Crippen LogP contribution in [0, 0.1) is 13.8 Å². The lowest BCUT2D eigenvalue weighted by atomic mass is 9.89. The van der Waals surface area contributed by atoms with Crippen LogP contribution in [0.5, 0.6) is 0 Å². The van der Waals surface area contributed by atoms with Crippen molar-refractivity contribution in [1.82, 2.24) is 14.8 Å². The van der Waals surface area contributed by atoms with E-state index in [4.69, 9.17) is 10.1 Å². The van der Waals surface area contributed by atoms with Gasteiger partial charge in [-0.1, -0.05) is 111 Å². The van der Waals surface area contributed by atoms with Crippen LogP contribution in [-0.2, 0) is 6.42 Å². The molecule has 3 aromatic carbocycles. The van der Waals surface area contributed by atoms with Gasteiger partial charge in [0.05, 0.1) is 5.69 Å². The maximum atomic E-state index is 5.23. The van der Waals surface area contributed by atoms with Gasteiger partial charge in [-0.15, -0.1) is 5.10 Å². The quantitative estimate of drug-likeness (QED) is 0.177. The van der Waals surface area contributed by atoms with Gasteiger partial charge in [0.15, 0.2) is 11.6 Å². The smallest absolute Gasteiger partial charge is 0.182 e. The molecule has 1 heterocycles. The zero-order chi connectivity index (χ0) is 27.4. The number of benzene rings is 3. The first-order valence-electron chi connectivity index (χ1n) is 14.2. The van der Waals surface area contributed by atoms with E-state index >= 15 is 0 Å². The molecular weight excluding hydrogens is 530 g/mol. The molecule has 38 heavy (non-hydrogen) atoms. The number of hydrogen-bond acceptors (Lipinski definition) is 2. The first kappa shape index (κ1) is 28.3. The maximum Gasteiger partial charge on any atom is 0.182 e. The summed E-state index contributed by atoms with van der Waals surface area (Å²) >= 11 is 3.67. The van der Waals surface area contributed by atoms with E-state index in [0.717, 1.165) is 33.7 Å². The molecule has 200 valence electrons. The standard InChI is InChI=1S/C34H42BrN3/c1-8-9-10-11-13-26-19-30(22(2)3)32(31(20-26)23(4)5)38-34(27-14-12-15-29(35)21-27)36-33(37-38)28-17-24(6)16-25(7)18-28/h12,14-23H,8-11,13H2,1-7H3. The van der Waals surface area contributed by atoms with E-state index in [1.54, 1.807) is 0 Å². The Morgan fingerprint density at radius 2 is 1.45 bits per heavy atom. The summed E-state index contributed by atoms with van der Waals surface area (Å²) in [5, 5.41) is 5.23. The third-order valence-electron chi connectivity index (χ3n) is 7.17. The van der Waals surface area contributed by atoms with Crippen molar-refractivity contribution in [2.24, 2.45) is 0 Å².